The molecule has 2 saturated heterocycles. The Morgan fingerprint density at radius 1 is 1.43 bits per heavy atom. The van der Waals surface area contributed by atoms with Crippen LogP contribution in [0.25, 0.3) is 0 Å². The van der Waals surface area contributed by atoms with E-state index in [9.17, 15) is 4.79 Å². The van der Waals surface area contributed by atoms with Gasteiger partial charge in [0.25, 0.3) is 0 Å². The topological polar surface area (TPSA) is 73.9 Å². The summed E-state index contributed by atoms with van der Waals surface area (Å²) in [5, 5.41) is 13.4. The number of nitrogens with one attached hydrogen (secondary N) is 2. The second-order valence-corrected chi connectivity index (χ2v) is 9.70. The summed E-state index contributed by atoms with van der Waals surface area (Å²) >= 11 is 1.72. The predicted octanol–water partition coefficient (Wildman–Crippen LogP) is 3.38. The van der Waals surface area contributed by atoms with Crippen molar-refractivity contribution in [3.8, 4) is 0 Å². The summed E-state index contributed by atoms with van der Waals surface area (Å²) < 4.78 is 0. The first-order chi connectivity index (χ1) is 13.6. The Morgan fingerprint density at radius 2 is 2.32 bits per heavy atom. The molecule has 6 nitrogen and oxygen atoms in total. The maximum Gasteiger partial charge on any atom is 0.227 e. The smallest absolute Gasteiger partial charge is 0.227 e. The summed E-state index contributed by atoms with van der Waals surface area (Å²) in [4.78, 5) is 20.5. The number of carbonyl (C=O) groups excluding carboxylic acids is 1. The number of nitrogens with zero attached hydrogens (tertiary/aromatic N) is 3. The van der Waals surface area contributed by atoms with Crippen LogP contribution in [0.2, 0.25) is 0 Å². The molecule has 7 heteroatoms. The Balaban J connectivity index is 1.47. The van der Waals surface area contributed by atoms with Crippen LogP contribution in [-0.2, 0) is 17.8 Å². The van der Waals surface area contributed by atoms with E-state index in [-0.39, 0.29) is 11.3 Å². The second-order valence-electron chi connectivity index (χ2n) is 8.73. The zero-order valence-corrected chi connectivity index (χ0v) is 17.7. The molecule has 0 unspecified atom stereocenters. The van der Waals surface area contributed by atoms with E-state index in [1.54, 1.807) is 17.5 Å². The van der Waals surface area contributed by atoms with E-state index in [4.69, 9.17) is 0 Å². The van der Waals surface area contributed by atoms with Gasteiger partial charge in [-0.1, -0.05) is 13.8 Å². The van der Waals surface area contributed by atoms with Crippen molar-refractivity contribution >= 4 is 17.2 Å². The van der Waals surface area contributed by atoms with Crippen molar-refractivity contribution in [3.63, 3.8) is 0 Å². The Kier molecular flexibility index (Phi) is 5.83. The molecular weight excluding hydrogens is 370 g/mol. The second kappa shape index (κ2) is 8.33. The van der Waals surface area contributed by atoms with E-state index in [1.165, 1.54) is 6.42 Å². The highest BCUT2D eigenvalue weighted by Gasteiger charge is 2.59. The molecule has 1 amide bonds. The molecule has 2 aromatic rings. The summed E-state index contributed by atoms with van der Waals surface area (Å²) in [6.45, 7) is 6.06. The summed E-state index contributed by atoms with van der Waals surface area (Å²) in [6.07, 6.45) is 9.84. The van der Waals surface area contributed by atoms with Crippen LogP contribution in [-0.4, -0.2) is 44.6 Å². The lowest BCUT2D eigenvalue weighted by atomic mass is 9.69. The number of H-pyrrole nitrogens is 1. The lowest BCUT2D eigenvalue weighted by molar-refractivity contribution is -0.133. The zero-order chi connectivity index (χ0) is 19.6. The number of hydrogen-bond donors (Lipinski definition) is 2. The summed E-state index contributed by atoms with van der Waals surface area (Å²) in [5.74, 6) is 0.866. The highest BCUT2D eigenvalue weighted by Crippen LogP contribution is 2.53. The highest BCUT2D eigenvalue weighted by atomic mass is 32.1. The maximum atomic E-state index is 13.5. The van der Waals surface area contributed by atoms with Gasteiger partial charge in [-0.2, -0.15) is 5.10 Å². The van der Waals surface area contributed by atoms with E-state index < -0.39 is 0 Å². The fraction of sp³-hybridized carbons (Fsp3) is 0.667. The molecule has 0 spiro atoms. The average Bonchev–Trinajstić information content (AvgIpc) is 3.46. The number of thiazole rings is 1. The van der Waals surface area contributed by atoms with Crippen LogP contribution >= 0.6 is 11.3 Å². The van der Waals surface area contributed by atoms with Crippen molar-refractivity contribution in [3.05, 3.63) is 34.5 Å². The summed E-state index contributed by atoms with van der Waals surface area (Å²) in [6, 6.07) is 2.82. The van der Waals surface area contributed by atoms with Gasteiger partial charge in [0.2, 0.25) is 5.91 Å². The molecular formula is C21H31N5OS. The molecule has 4 heterocycles. The van der Waals surface area contributed by atoms with Crippen molar-refractivity contribution in [1.29, 1.82) is 0 Å². The molecule has 0 aliphatic carbocycles. The zero-order valence-electron chi connectivity index (χ0n) is 16.9. The first-order valence-corrected chi connectivity index (χ1v) is 11.4. The average molecular weight is 402 g/mol. The summed E-state index contributed by atoms with van der Waals surface area (Å²) in [5.41, 5.74) is 0.813. The van der Waals surface area contributed by atoms with Gasteiger partial charge in [0, 0.05) is 48.5 Å². The van der Waals surface area contributed by atoms with Crippen LogP contribution in [0, 0.1) is 11.3 Å². The van der Waals surface area contributed by atoms with Crippen LogP contribution in [0.15, 0.2) is 23.8 Å². The van der Waals surface area contributed by atoms with Gasteiger partial charge in [0.15, 0.2) is 0 Å². The molecule has 0 radical (unpaired) electrons. The third-order valence-corrected chi connectivity index (χ3v) is 7.30. The molecule has 4 rings (SSSR count). The molecule has 2 aromatic heterocycles. The van der Waals surface area contributed by atoms with Gasteiger partial charge in [-0.05, 0) is 44.1 Å². The third kappa shape index (κ3) is 3.87. The number of hydrogen-bond acceptors (Lipinski definition) is 5. The molecule has 0 saturated carbocycles. The number of aromatic nitrogens is 3. The predicted molar refractivity (Wildman–Crippen MR) is 111 cm³/mol. The Morgan fingerprint density at radius 3 is 3.04 bits per heavy atom. The third-order valence-electron chi connectivity index (χ3n) is 6.54. The largest absolute Gasteiger partial charge is 0.355 e. The van der Waals surface area contributed by atoms with E-state index >= 15 is 0 Å². The van der Waals surface area contributed by atoms with Crippen LogP contribution in [0.1, 0.15) is 56.7 Å². The molecule has 2 aliphatic heterocycles. The molecule has 152 valence electrons. The lowest BCUT2D eigenvalue weighted by Crippen LogP contribution is -2.49. The fourth-order valence-electron chi connectivity index (χ4n) is 5.12. The van der Waals surface area contributed by atoms with E-state index in [1.807, 2.05) is 17.6 Å². The Labute approximate surface area is 171 Å². The monoisotopic (exact) mass is 401 g/mol. The molecule has 2 aliphatic rings. The van der Waals surface area contributed by atoms with Crippen LogP contribution < -0.4 is 5.32 Å². The van der Waals surface area contributed by atoms with Gasteiger partial charge in [0.1, 0.15) is 5.01 Å². The van der Waals surface area contributed by atoms with Crippen molar-refractivity contribution in [2.75, 3.05) is 6.54 Å². The normalized spacial score (nSPS) is 27.0. The Hall–Kier alpha value is -1.73. The van der Waals surface area contributed by atoms with Gasteiger partial charge >= 0.3 is 0 Å². The van der Waals surface area contributed by atoms with Gasteiger partial charge in [0.05, 0.1) is 12.0 Å². The van der Waals surface area contributed by atoms with Gasteiger partial charge in [-0.25, -0.2) is 4.98 Å². The van der Waals surface area contributed by atoms with Crippen molar-refractivity contribution in [2.24, 2.45) is 11.3 Å². The first-order valence-electron chi connectivity index (χ1n) is 10.5. The first kappa shape index (κ1) is 19.6. The van der Waals surface area contributed by atoms with Crippen molar-refractivity contribution < 1.29 is 4.79 Å². The van der Waals surface area contributed by atoms with E-state index in [0.717, 1.165) is 49.4 Å². The van der Waals surface area contributed by atoms with E-state index in [2.05, 4.69) is 39.2 Å². The number of fused-ring (bicyclic) bond motifs is 2. The SMILES string of the molecule is CC(C)CC[C@]1(C(=O)NCCc2ccn[nH]2)C[C@H]2CC[C@@H]1N2Cc1nccs1. The van der Waals surface area contributed by atoms with E-state index in [0.29, 0.717) is 24.5 Å². The van der Waals surface area contributed by atoms with Crippen LogP contribution in [0.3, 0.4) is 0 Å². The number of aromatic amines is 1. The molecule has 3 atom stereocenters. The minimum atomic E-state index is -0.252. The van der Waals surface area contributed by atoms with Crippen LogP contribution in [0.4, 0.5) is 0 Å². The highest BCUT2D eigenvalue weighted by molar-refractivity contribution is 7.09. The Bertz CT molecular complexity index is 760. The molecule has 2 fully saturated rings. The standard InChI is InChI=1S/C21H31N5OS/c1-15(2)5-8-21(20(27)23-9-6-16-7-10-24-25-16)13-17-3-4-18(21)26(17)14-19-22-11-12-28-19/h7,10-12,15,17-18H,3-6,8-9,13-14H2,1-2H3,(H,23,27)(H,24,25)/t17-,18+,21+/m1/s1. The lowest BCUT2D eigenvalue weighted by Gasteiger charge is -2.37. The number of rotatable bonds is 9. The van der Waals surface area contributed by atoms with Gasteiger partial charge in [-0.15, -0.1) is 11.3 Å². The van der Waals surface area contributed by atoms with Crippen molar-refractivity contribution in [2.45, 2.75) is 71.0 Å². The number of carbonyl (C=O) groups is 1. The van der Waals surface area contributed by atoms with Gasteiger partial charge < -0.3 is 5.32 Å². The van der Waals surface area contributed by atoms with Crippen LogP contribution in [0.5, 0.6) is 0 Å². The summed E-state index contributed by atoms with van der Waals surface area (Å²) in [7, 11) is 0. The fourth-order valence-corrected chi connectivity index (χ4v) is 5.74. The molecule has 2 N–H and O–H groups in total. The minimum Gasteiger partial charge on any atom is -0.355 e. The maximum absolute atomic E-state index is 13.5. The molecule has 28 heavy (non-hydrogen) atoms. The number of amides is 1. The molecule has 2 bridgehead atoms. The van der Waals surface area contributed by atoms with Crippen molar-refractivity contribution in [1.82, 2.24) is 25.4 Å². The minimum absolute atomic E-state index is 0.252. The van der Waals surface area contributed by atoms with Gasteiger partial charge in [-0.3, -0.25) is 14.8 Å². The molecule has 0 aromatic carbocycles. The quantitative estimate of drug-likeness (QED) is 0.675.